The van der Waals surface area contributed by atoms with Gasteiger partial charge in [0.25, 0.3) is 23.6 Å². The van der Waals surface area contributed by atoms with Crippen molar-refractivity contribution in [2.75, 3.05) is 52.6 Å². The number of esters is 4. The number of imide groups is 2. The number of amides is 6. The summed E-state index contributed by atoms with van der Waals surface area (Å²) in [6, 6.07) is 11.2. The van der Waals surface area contributed by atoms with Gasteiger partial charge in [-0.15, -0.1) is 0 Å². The first kappa shape index (κ1) is 87.5. The molecule has 2 atom stereocenters. The van der Waals surface area contributed by atoms with Gasteiger partial charge in [0, 0.05) is 65.4 Å². The molecule has 0 radical (unpaired) electrons. The Labute approximate surface area is 674 Å². The van der Waals surface area contributed by atoms with Gasteiger partial charge < -0.3 is 47.7 Å². The summed E-state index contributed by atoms with van der Waals surface area (Å²) in [6.45, 7) is 20.8. The number of hydrogen-bond donors (Lipinski definition) is 0. The molecule has 6 amide bonds. The first-order valence-corrected chi connectivity index (χ1v) is 36.6. The molecule has 34 heteroatoms. The number of ether oxygens (including phenoxy) is 8. The minimum atomic E-state index is -5.00. The molecular formula is C86H72F12N4O18. The van der Waals surface area contributed by atoms with Gasteiger partial charge >= 0.3 is 48.6 Å². The van der Waals surface area contributed by atoms with Crippen LogP contribution in [-0.2, 0) is 72.4 Å². The first-order valence-electron chi connectivity index (χ1n) is 36.6. The Bertz CT molecular complexity index is 5060. The van der Waals surface area contributed by atoms with Gasteiger partial charge in [-0.05, 0) is 161 Å². The number of carbonyl (C=O) groups excluding carboxylic acids is 10. The number of alkyl halides is 12. The molecule has 0 N–H and O–H groups in total. The Morgan fingerprint density at radius 3 is 0.683 bits per heavy atom. The van der Waals surface area contributed by atoms with Crippen molar-refractivity contribution in [2.45, 2.75) is 92.2 Å². The molecule has 2 aliphatic rings. The van der Waals surface area contributed by atoms with E-state index in [9.17, 15) is 71.9 Å². The van der Waals surface area contributed by atoms with Crippen LogP contribution in [0, 0.1) is 11.8 Å². The number of nitrogens with zero attached hydrogens (tertiary/aromatic N) is 4. The topological polar surface area (TPSA) is 258 Å². The van der Waals surface area contributed by atoms with Crippen LogP contribution in [0.1, 0.15) is 119 Å². The zero-order chi connectivity index (χ0) is 88.0. The lowest BCUT2D eigenvalue weighted by molar-refractivity contribution is -0.146. The molecule has 0 saturated carbocycles. The van der Waals surface area contributed by atoms with Crippen molar-refractivity contribution in [1.82, 2.24) is 19.6 Å². The van der Waals surface area contributed by atoms with Crippen LogP contribution < -0.4 is 18.9 Å². The zero-order valence-electron chi connectivity index (χ0n) is 65.0. The van der Waals surface area contributed by atoms with Gasteiger partial charge in [-0.25, -0.2) is 19.2 Å². The van der Waals surface area contributed by atoms with Crippen molar-refractivity contribution in [3.63, 3.8) is 0 Å². The van der Waals surface area contributed by atoms with Crippen molar-refractivity contribution < 1.29 is 139 Å². The van der Waals surface area contributed by atoms with E-state index >= 15 is 28.8 Å². The second-order valence-corrected chi connectivity index (χ2v) is 28.8. The zero-order valence-corrected chi connectivity index (χ0v) is 65.0. The summed E-state index contributed by atoms with van der Waals surface area (Å²) in [4.78, 5) is 151. The quantitative estimate of drug-likeness (QED) is 0.00771. The summed E-state index contributed by atoms with van der Waals surface area (Å²) >= 11 is 0. The van der Waals surface area contributed by atoms with Crippen LogP contribution in [-0.4, -0.2) is 144 Å². The predicted molar refractivity (Wildman–Crippen MR) is 408 cm³/mol. The minimum Gasteiger partial charge on any atom is -0.460 e. The third-order valence-corrected chi connectivity index (χ3v) is 19.3. The molecule has 628 valence electrons. The van der Waals surface area contributed by atoms with Crippen LogP contribution in [0.15, 0.2) is 170 Å². The van der Waals surface area contributed by atoms with Crippen LogP contribution in [0.5, 0.6) is 46.0 Å². The molecule has 0 bridgehead atoms. The summed E-state index contributed by atoms with van der Waals surface area (Å²) in [5, 5.41) is -3.84. The second kappa shape index (κ2) is 34.0. The fraction of sp³-hybridized carbons (Fsp3) is 0.279. The number of halogens is 12. The molecule has 0 aliphatic carbocycles. The molecule has 9 aromatic rings. The number of rotatable bonds is 30. The Balaban J connectivity index is 1.30. The lowest BCUT2D eigenvalue weighted by atomic mass is 9.80. The van der Waals surface area contributed by atoms with E-state index in [1.54, 1.807) is 0 Å². The Morgan fingerprint density at radius 1 is 0.325 bits per heavy atom. The third kappa shape index (κ3) is 17.9. The van der Waals surface area contributed by atoms with Crippen molar-refractivity contribution in [1.29, 1.82) is 0 Å². The highest BCUT2D eigenvalue weighted by Crippen LogP contribution is 2.59. The Kier molecular flexibility index (Phi) is 24.8. The van der Waals surface area contributed by atoms with Gasteiger partial charge in [-0.1, -0.05) is 54.0 Å². The van der Waals surface area contributed by atoms with E-state index in [4.69, 9.17) is 37.9 Å². The largest absolute Gasteiger partial charge is 0.460 e. The van der Waals surface area contributed by atoms with Gasteiger partial charge in [0.05, 0.1) is 70.7 Å². The van der Waals surface area contributed by atoms with E-state index in [-0.39, 0.29) is 22.3 Å². The lowest BCUT2D eigenvalue weighted by Gasteiger charge is -2.39. The second-order valence-electron chi connectivity index (χ2n) is 28.8. The van der Waals surface area contributed by atoms with Crippen molar-refractivity contribution in [3.8, 4) is 46.0 Å². The van der Waals surface area contributed by atoms with Gasteiger partial charge in [0.2, 0.25) is 11.8 Å². The first-order chi connectivity index (χ1) is 56.2. The van der Waals surface area contributed by atoms with Crippen LogP contribution in [0.4, 0.5) is 52.7 Å². The maximum atomic E-state index is 16.4. The third-order valence-electron chi connectivity index (χ3n) is 19.3. The molecule has 120 heavy (non-hydrogen) atoms. The average Bonchev–Trinajstić information content (AvgIpc) is 0.669. The predicted octanol–water partition coefficient (Wildman–Crippen LogP) is 18.4. The standard InChI is InChI=1S/C86H72F12N4O18/c1-41(2)71(77(107)99(29-33-113-79(109)43(5)6)30-34-114-80(110)44(7)8)101-73(103)55-37-59(117-51-21-13-47(14-22-51)83(87,88)89)65-67-61(119-53-25-17-49(18-26-53)85(93,94)95)39-57-64-58(76(106)102(75(57)105)72(42(3)4)78(108)100(31-35-115-81(111)45(9)10)32-36-116-82(112)46(11)12)40-62(120-54-27-19-50(20-28-54)86(96,97)98)68(70(64)67)66-60(38-56(74(101)104)63(55)69(65)66)118-52-23-15-48(16-24-52)84(90,91)92/h13-28,37-42,71-72H,5,7,9,11,29-36H2,1-4,6,8,10,12H3. The highest BCUT2D eigenvalue weighted by atomic mass is 19.4. The van der Waals surface area contributed by atoms with Crippen LogP contribution in [0.3, 0.4) is 0 Å². The summed E-state index contributed by atoms with van der Waals surface area (Å²) in [5.74, 6) is -18.2. The summed E-state index contributed by atoms with van der Waals surface area (Å²) in [5.41, 5.74) is -7.71. The van der Waals surface area contributed by atoms with Gasteiger partial charge in [0.15, 0.2) is 0 Å². The van der Waals surface area contributed by atoms with Crippen LogP contribution in [0.25, 0.3) is 43.1 Å². The molecule has 11 rings (SSSR count). The van der Waals surface area contributed by atoms with Gasteiger partial charge in [-0.3, -0.25) is 38.6 Å². The van der Waals surface area contributed by atoms with Crippen LogP contribution >= 0.6 is 0 Å². The highest BCUT2D eigenvalue weighted by molar-refractivity contribution is 6.45. The van der Waals surface area contributed by atoms with Gasteiger partial charge in [0.1, 0.15) is 84.5 Å². The summed E-state index contributed by atoms with van der Waals surface area (Å²) in [7, 11) is 0. The van der Waals surface area contributed by atoms with E-state index in [1.807, 2.05) is 0 Å². The Morgan fingerprint density at radius 2 is 0.517 bits per heavy atom. The maximum absolute atomic E-state index is 16.4. The molecule has 0 saturated heterocycles. The molecule has 9 aromatic carbocycles. The molecule has 0 fully saturated rings. The molecule has 2 unspecified atom stereocenters. The number of benzene rings is 9. The van der Waals surface area contributed by atoms with E-state index in [1.165, 1.54) is 55.4 Å². The average molecular weight is 1680 g/mol. The number of fused-ring (bicyclic) bond motifs is 2. The summed E-state index contributed by atoms with van der Waals surface area (Å²) in [6.07, 6.45) is -20.0. The van der Waals surface area contributed by atoms with Crippen molar-refractivity contribution in [2.24, 2.45) is 11.8 Å². The molecular weight excluding hydrogens is 1600 g/mol. The van der Waals surface area contributed by atoms with Crippen LogP contribution in [0.2, 0.25) is 0 Å². The SMILES string of the molecule is C=C(C)C(=O)OCCN(CCOC(=O)C(=C)C)C(=O)C(C(C)C)N1C(=O)c2cc(Oc3ccc(C(F)(F)F)cc3)c3c4c(Oc5ccc(C(F)(F)F)cc5)cc5c6c(cc(Oc7ccc(C(F)(F)F)cc7)c(c7c(Oc8ccc(C(F)(F)F)cc8)cc(c2c37)C1=O)c64)C(=O)N(C(C(=O)N(CCOC(=O)C(=C)C)CCOC(=O)C(=C)C)C(C)C)C5=O. The molecule has 0 spiro atoms. The monoisotopic (exact) mass is 1680 g/mol. The number of carbonyl (C=O) groups is 10. The fourth-order valence-corrected chi connectivity index (χ4v) is 13.6. The normalized spacial score (nSPS) is 13.6. The highest BCUT2D eigenvalue weighted by Gasteiger charge is 2.49. The van der Waals surface area contributed by atoms with E-state index in [2.05, 4.69) is 26.3 Å². The molecule has 22 nitrogen and oxygen atoms in total. The fourth-order valence-electron chi connectivity index (χ4n) is 13.6. The Hall–Kier alpha value is -13.3. The lowest BCUT2D eigenvalue weighted by Crippen LogP contribution is -2.57. The minimum absolute atomic E-state index is 0.0616. The van der Waals surface area contributed by atoms with E-state index in [0.717, 1.165) is 82.6 Å². The molecule has 2 heterocycles. The van der Waals surface area contributed by atoms with E-state index in [0.29, 0.717) is 58.3 Å². The smallest absolute Gasteiger partial charge is 0.416 e. The maximum Gasteiger partial charge on any atom is 0.416 e. The van der Waals surface area contributed by atoms with Crippen molar-refractivity contribution in [3.05, 3.63) is 214 Å². The molecule has 2 aliphatic heterocycles. The van der Waals surface area contributed by atoms with E-state index < -0.39 is 294 Å². The van der Waals surface area contributed by atoms with Crippen molar-refractivity contribution >= 4 is 102 Å². The summed E-state index contributed by atoms with van der Waals surface area (Å²) < 4.78 is 223. The molecule has 0 aromatic heterocycles. The number of hydrogen-bond acceptors (Lipinski definition) is 18. The van der Waals surface area contributed by atoms with Gasteiger partial charge in [-0.2, -0.15) is 52.7 Å².